The lowest BCUT2D eigenvalue weighted by atomic mass is 10.1. The Morgan fingerprint density at radius 2 is 1.60 bits per heavy atom. The van der Waals surface area contributed by atoms with Gasteiger partial charge in [0.1, 0.15) is 16.7 Å². The molecule has 1 fully saturated rings. The van der Waals surface area contributed by atoms with E-state index < -0.39 is 0 Å². The van der Waals surface area contributed by atoms with Crippen LogP contribution in [0.2, 0.25) is 5.15 Å². The maximum atomic E-state index is 13.4. The maximum Gasteiger partial charge on any atom is 0.253 e. The largest absolute Gasteiger partial charge is 0.495 e. The minimum absolute atomic E-state index is 0.0407. The molecular weight excluding hydrogens is 610 g/mol. The Bertz CT molecular complexity index is 1620. The van der Waals surface area contributed by atoms with Gasteiger partial charge in [-0.2, -0.15) is 0 Å². The summed E-state index contributed by atoms with van der Waals surface area (Å²) in [6.07, 6.45) is 0.789. The molecule has 1 amide bonds. The predicted octanol–water partition coefficient (Wildman–Crippen LogP) is 6.09. The number of carbonyl (C=O) groups is 1. The van der Waals surface area contributed by atoms with E-state index in [2.05, 4.69) is 20.9 Å². The number of nitrogens with zero attached hydrogens (tertiary/aromatic N) is 5. The zero-order valence-corrected chi connectivity index (χ0v) is 27.6. The van der Waals surface area contributed by atoms with Crippen molar-refractivity contribution in [3.63, 3.8) is 0 Å². The van der Waals surface area contributed by atoms with E-state index in [0.29, 0.717) is 46.2 Å². The molecule has 5 rings (SSSR count). The second-order valence-electron chi connectivity index (χ2n) is 10.6. The van der Waals surface area contributed by atoms with Crippen LogP contribution < -0.4 is 24.0 Å². The summed E-state index contributed by atoms with van der Waals surface area (Å²) in [5.74, 6) is 3.65. The highest BCUT2D eigenvalue weighted by Crippen LogP contribution is 2.30. The van der Waals surface area contributed by atoms with Gasteiger partial charge in [0, 0.05) is 57.2 Å². The van der Waals surface area contributed by atoms with E-state index in [9.17, 15) is 4.79 Å². The number of likely N-dealkylation sites (N-methyl/N-ethyl adjacent to an activating group) is 1. The first-order valence-electron chi connectivity index (χ1n) is 14.7. The second-order valence-corrected chi connectivity index (χ2v) is 12.0. The smallest absolute Gasteiger partial charge is 0.253 e. The molecule has 0 spiro atoms. The van der Waals surface area contributed by atoms with Gasteiger partial charge >= 0.3 is 0 Å². The van der Waals surface area contributed by atoms with Crippen molar-refractivity contribution in [2.75, 3.05) is 70.9 Å². The summed E-state index contributed by atoms with van der Waals surface area (Å²) < 4.78 is 16.3. The van der Waals surface area contributed by atoms with E-state index in [-0.39, 0.29) is 5.91 Å². The molecule has 45 heavy (non-hydrogen) atoms. The van der Waals surface area contributed by atoms with Crippen molar-refractivity contribution in [1.82, 2.24) is 14.9 Å². The zero-order valence-electron chi connectivity index (χ0n) is 26.0. The van der Waals surface area contributed by atoms with Crippen molar-refractivity contribution in [3.8, 4) is 17.2 Å². The standard InChI is InChI=1S/C34H38ClN5O4S/c1-38(15-14-24-12-13-29(43-3)30(21-24)44-4)32-22-31(35)36-34(37-32)45-23-25-8-7-9-26(20-25)33(41)40-18-16-39(17-19-40)27-10-5-6-11-28(27)42-2/h5-13,20-22H,14-19,23H2,1-4H3. The molecule has 0 aliphatic carbocycles. The Balaban J connectivity index is 1.17. The highest BCUT2D eigenvalue weighted by Gasteiger charge is 2.24. The predicted molar refractivity (Wildman–Crippen MR) is 181 cm³/mol. The molecule has 2 heterocycles. The third kappa shape index (κ3) is 8.12. The van der Waals surface area contributed by atoms with Gasteiger partial charge < -0.3 is 28.9 Å². The van der Waals surface area contributed by atoms with Gasteiger partial charge in [-0.05, 0) is 53.9 Å². The van der Waals surface area contributed by atoms with Gasteiger partial charge in [0.05, 0.1) is 27.0 Å². The van der Waals surface area contributed by atoms with Crippen molar-refractivity contribution in [1.29, 1.82) is 0 Å². The van der Waals surface area contributed by atoms with Gasteiger partial charge in [0.25, 0.3) is 5.91 Å². The van der Waals surface area contributed by atoms with E-state index in [0.717, 1.165) is 54.4 Å². The van der Waals surface area contributed by atoms with Gasteiger partial charge in [0.2, 0.25) is 0 Å². The number of benzene rings is 3. The van der Waals surface area contributed by atoms with Crippen molar-refractivity contribution in [2.45, 2.75) is 17.3 Å². The number of hydrogen-bond acceptors (Lipinski definition) is 9. The molecule has 1 aromatic heterocycles. The molecule has 11 heteroatoms. The van der Waals surface area contributed by atoms with Crippen LogP contribution >= 0.6 is 23.4 Å². The van der Waals surface area contributed by atoms with Crippen molar-refractivity contribution < 1.29 is 19.0 Å². The van der Waals surface area contributed by atoms with Crippen LogP contribution in [-0.4, -0.2) is 81.9 Å². The van der Waals surface area contributed by atoms with E-state index in [1.165, 1.54) is 11.8 Å². The van der Waals surface area contributed by atoms with Gasteiger partial charge in [-0.1, -0.05) is 53.7 Å². The number of para-hydroxylation sites is 2. The van der Waals surface area contributed by atoms with Crippen LogP contribution in [0.4, 0.5) is 11.5 Å². The second kappa shape index (κ2) is 15.2. The monoisotopic (exact) mass is 647 g/mol. The number of aromatic nitrogens is 2. The topological polar surface area (TPSA) is 80.3 Å². The average molecular weight is 648 g/mol. The first-order chi connectivity index (χ1) is 21.9. The number of halogens is 1. The third-order valence-electron chi connectivity index (χ3n) is 7.77. The van der Waals surface area contributed by atoms with Crippen molar-refractivity contribution in [2.24, 2.45) is 0 Å². The molecule has 0 unspecified atom stereocenters. The molecule has 0 N–H and O–H groups in total. The van der Waals surface area contributed by atoms with Crippen LogP contribution in [0, 0.1) is 0 Å². The molecule has 0 bridgehead atoms. The van der Waals surface area contributed by atoms with Gasteiger partial charge in [-0.3, -0.25) is 4.79 Å². The normalized spacial score (nSPS) is 13.0. The fraction of sp³-hybridized carbons (Fsp3) is 0.324. The number of piperazine rings is 1. The quantitative estimate of drug-likeness (QED) is 0.103. The van der Waals surface area contributed by atoms with Gasteiger partial charge in [-0.15, -0.1) is 0 Å². The molecule has 0 radical (unpaired) electrons. The van der Waals surface area contributed by atoms with E-state index >= 15 is 0 Å². The van der Waals surface area contributed by atoms with Crippen molar-refractivity contribution >= 4 is 40.8 Å². The van der Waals surface area contributed by atoms with E-state index in [4.69, 9.17) is 30.8 Å². The molecule has 3 aromatic carbocycles. The summed E-state index contributed by atoms with van der Waals surface area (Å²) in [5, 5.41) is 0.969. The number of thioether (sulfide) groups is 1. The minimum Gasteiger partial charge on any atom is -0.495 e. The molecule has 236 valence electrons. The maximum absolute atomic E-state index is 13.4. The van der Waals surface area contributed by atoms with Crippen LogP contribution in [-0.2, 0) is 12.2 Å². The average Bonchev–Trinajstić information content (AvgIpc) is 3.09. The van der Waals surface area contributed by atoms with Crippen molar-refractivity contribution in [3.05, 3.63) is 94.6 Å². The first kappa shape index (κ1) is 32.2. The first-order valence-corrected chi connectivity index (χ1v) is 16.1. The van der Waals surface area contributed by atoms with Crippen LogP contribution in [0.25, 0.3) is 0 Å². The summed E-state index contributed by atoms with van der Waals surface area (Å²) in [6.45, 7) is 3.52. The fourth-order valence-electron chi connectivity index (χ4n) is 5.26. The number of ether oxygens (including phenoxy) is 3. The number of carbonyl (C=O) groups excluding carboxylic acids is 1. The Hall–Kier alpha value is -4.15. The molecule has 1 aliphatic rings. The fourth-order valence-corrected chi connectivity index (χ4v) is 6.28. The Kier molecular flexibility index (Phi) is 10.9. The van der Waals surface area contributed by atoms with Crippen LogP contribution in [0.5, 0.6) is 17.2 Å². The molecule has 0 saturated carbocycles. The Morgan fingerprint density at radius 3 is 2.36 bits per heavy atom. The van der Waals surface area contributed by atoms with E-state index in [1.54, 1.807) is 27.4 Å². The van der Waals surface area contributed by atoms with E-state index in [1.807, 2.05) is 72.6 Å². The minimum atomic E-state index is 0.0407. The summed E-state index contributed by atoms with van der Waals surface area (Å²) in [4.78, 5) is 28.8. The third-order valence-corrected chi connectivity index (χ3v) is 8.88. The molecule has 9 nitrogen and oxygen atoms in total. The lowest BCUT2D eigenvalue weighted by Gasteiger charge is -2.36. The Labute approximate surface area is 274 Å². The molecule has 4 aromatic rings. The van der Waals surface area contributed by atoms with Crippen LogP contribution in [0.15, 0.2) is 78.0 Å². The molecular formula is C34H38ClN5O4S. The number of methoxy groups -OCH3 is 3. The summed E-state index contributed by atoms with van der Waals surface area (Å²) in [5.41, 5.74) is 3.88. The molecule has 1 saturated heterocycles. The van der Waals surface area contributed by atoms with Gasteiger partial charge in [-0.25, -0.2) is 9.97 Å². The van der Waals surface area contributed by atoms with Gasteiger partial charge in [0.15, 0.2) is 16.7 Å². The van der Waals surface area contributed by atoms with Crippen LogP contribution in [0.3, 0.4) is 0 Å². The summed E-state index contributed by atoms with van der Waals surface area (Å²) in [6, 6.07) is 23.5. The Morgan fingerprint density at radius 1 is 0.844 bits per heavy atom. The molecule has 1 aliphatic heterocycles. The number of amides is 1. The SMILES string of the molecule is COc1ccc(CCN(C)c2cc(Cl)nc(SCc3cccc(C(=O)N4CCN(c5ccccc5OC)CC4)c3)n2)cc1OC. The number of anilines is 2. The summed E-state index contributed by atoms with van der Waals surface area (Å²) in [7, 11) is 6.93. The summed E-state index contributed by atoms with van der Waals surface area (Å²) >= 11 is 7.90. The molecule has 0 atom stereocenters. The lowest BCUT2D eigenvalue weighted by molar-refractivity contribution is 0.0746. The highest BCUT2D eigenvalue weighted by molar-refractivity contribution is 7.98. The number of rotatable bonds is 12. The van der Waals surface area contributed by atoms with Crippen LogP contribution in [0.1, 0.15) is 21.5 Å². The highest BCUT2D eigenvalue weighted by atomic mass is 35.5. The lowest BCUT2D eigenvalue weighted by Crippen LogP contribution is -2.48. The number of hydrogen-bond donors (Lipinski definition) is 0. The zero-order chi connectivity index (χ0) is 31.8.